The summed E-state index contributed by atoms with van der Waals surface area (Å²) in [6.45, 7) is 8.19. The zero-order valence-corrected chi connectivity index (χ0v) is 13.4. The lowest BCUT2D eigenvalue weighted by molar-refractivity contribution is -0.131. The van der Waals surface area contributed by atoms with Gasteiger partial charge in [-0.05, 0) is 38.7 Å². The maximum absolute atomic E-state index is 12.5. The van der Waals surface area contributed by atoms with Gasteiger partial charge in [-0.2, -0.15) is 0 Å². The van der Waals surface area contributed by atoms with Gasteiger partial charge in [-0.25, -0.2) is 0 Å². The van der Waals surface area contributed by atoms with E-state index in [9.17, 15) is 4.79 Å². The van der Waals surface area contributed by atoms with Crippen LogP contribution in [0.1, 0.15) is 66.2 Å². The molecule has 0 saturated heterocycles. The van der Waals surface area contributed by atoms with Crippen LogP contribution in [-0.2, 0) is 9.53 Å². The highest BCUT2D eigenvalue weighted by atomic mass is 16.5. The average molecular weight is 276 g/mol. The van der Waals surface area contributed by atoms with Gasteiger partial charge in [0.1, 0.15) is 5.76 Å². The first-order chi connectivity index (χ1) is 9.61. The summed E-state index contributed by atoms with van der Waals surface area (Å²) in [5.41, 5.74) is 0.164. The molecule has 0 spiro atoms. The smallest absolute Gasteiger partial charge is 0.205 e. The number of hydrogen-bond donors (Lipinski definition) is 0. The predicted molar refractivity (Wildman–Crippen MR) is 84.5 cm³/mol. The maximum Gasteiger partial charge on any atom is 0.205 e. The minimum Gasteiger partial charge on any atom is -0.479 e. The standard InChI is InChI=1S/C18H28O2/c1-5-8-10-11-13-16-15(4)17(19)18(7-3,20-16)14-12-9-6-2/h8,10-11,13H,5-7,9,12,14H2,1-4H3/b10-8+,13-11+. The van der Waals surface area contributed by atoms with E-state index in [0.29, 0.717) is 0 Å². The molecule has 1 aliphatic rings. The molecule has 0 saturated carbocycles. The van der Waals surface area contributed by atoms with E-state index >= 15 is 0 Å². The molecule has 1 rings (SSSR count). The van der Waals surface area contributed by atoms with E-state index in [1.807, 2.05) is 32.1 Å². The third-order valence-electron chi connectivity index (χ3n) is 3.92. The predicted octanol–water partition coefficient (Wildman–Crippen LogP) is 5.11. The number of Topliss-reactive ketones (excluding diaryl/α,β-unsaturated/α-hetero) is 1. The van der Waals surface area contributed by atoms with Crippen molar-refractivity contribution in [3.05, 3.63) is 35.6 Å². The van der Waals surface area contributed by atoms with Gasteiger partial charge in [0.2, 0.25) is 5.78 Å². The number of rotatable bonds is 8. The Morgan fingerprint density at radius 1 is 1.15 bits per heavy atom. The van der Waals surface area contributed by atoms with Crippen molar-refractivity contribution in [3.63, 3.8) is 0 Å². The Morgan fingerprint density at radius 3 is 2.50 bits per heavy atom. The minimum absolute atomic E-state index is 0.176. The Labute approximate surface area is 123 Å². The molecule has 0 radical (unpaired) electrons. The van der Waals surface area contributed by atoms with E-state index in [2.05, 4.69) is 19.9 Å². The van der Waals surface area contributed by atoms with Crippen molar-refractivity contribution < 1.29 is 9.53 Å². The molecule has 0 aromatic heterocycles. The molecule has 0 aromatic rings. The normalized spacial score (nSPS) is 23.3. The van der Waals surface area contributed by atoms with E-state index in [4.69, 9.17) is 4.74 Å². The molecular formula is C18H28O2. The van der Waals surface area contributed by atoms with E-state index in [-0.39, 0.29) is 5.78 Å². The number of carbonyl (C=O) groups is 1. The van der Waals surface area contributed by atoms with Crippen LogP contribution in [0.4, 0.5) is 0 Å². The molecule has 0 aliphatic carbocycles. The molecule has 0 fully saturated rings. The highest BCUT2D eigenvalue weighted by Crippen LogP contribution is 2.37. The van der Waals surface area contributed by atoms with Crippen molar-refractivity contribution in [3.8, 4) is 0 Å². The highest BCUT2D eigenvalue weighted by Gasteiger charge is 2.45. The van der Waals surface area contributed by atoms with Crippen molar-refractivity contribution in [1.29, 1.82) is 0 Å². The summed E-state index contributed by atoms with van der Waals surface area (Å²) >= 11 is 0. The SMILES string of the molecule is CC/C=C/C=C/C1=C(C)C(=O)C(CC)(CCCCC)O1. The van der Waals surface area contributed by atoms with Crippen LogP contribution in [-0.4, -0.2) is 11.4 Å². The Hall–Kier alpha value is -1.31. The van der Waals surface area contributed by atoms with Crippen molar-refractivity contribution in [2.75, 3.05) is 0 Å². The van der Waals surface area contributed by atoms with E-state index in [1.54, 1.807) is 0 Å². The van der Waals surface area contributed by atoms with Crippen LogP contribution < -0.4 is 0 Å². The van der Waals surface area contributed by atoms with Gasteiger partial charge in [-0.15, -0.1) is 0 Å². The van der Waals surface area contributed by atoms with Crippen LogP contribution >= 0.6 is 0 Å². The first-order valence-corrected chi connectivity index (χ1v) is 7.89. The maximum atomic E-state index is 12.5. The summed E-state index contributed by atoms with van der Waals surface area (Å²) in [6, 6.07) is 0. The zero-order valence-electron chi connectivity index (χ0n) is 13.4. The summed E-state index contributed by atoms with van der Waals surface area (Å²) in [6.07, 6.45) is 13.9. The fourth-order valence-electron chi connectivity index (χ4n) is 2.54. The minimum atomic E-state index is -0.604. The largest absolute Gasteiger partial charge is 0.479 e. The number of ketones is 1. The number of hydrogen-bond acceptors (Lipinski definition) is 2. The number of allylic oxidation sites excluding steroid dienone is 4. The Kier molecular flexibility index (Phi) is 6.77. The fraction of sp³-hybridized carbons (Fsp3) is 0.611. The third-order valence-corrected chi connectivity index (χ3v) is 3.92. The molecule has 1 heterocycles. The lowest BCUT2D eigenvalue weighted by Gasteiger charge is -2.26. The third kappa shape index (κ3) is 3.84. The molecule has 20 heavy (non-hydrogen) atoms. The summed E-state index contributed by atoms with van der Waals surface area (Å²) < 4.78 is 6.06. The molecule has 1 atom stereocenters. The van der Waals surface area contributed by atoms with Gasteiger partial charge >= 0.3 is 0 Å². The molecule has 0 aromatic carbocycles. The van der Waals surface area contributed by atoms with E-state index in [0.717, 1.165) is 49.9 Å². The molecule has 0 N–H and O–H groups in total. The summed E-state index contributed by atoms with van der Waals surface area (Å²) in [5, 5.41) is 0. The topological polar surface area (TPSA) is 26.3 Å². The molecule has 0 amide bonds. The van der Waals surface area contributed by atoms with Gasteiger partial charge in [-0.1, -0.05) is 51.8 Å². The quantitative estimate of drug-likeness (QED) is 0.455. The number of carbonyl (C=O) groups excluding carboxylic acids is 1. The molecule has 1 aliphatic heterocycles. The molecule has 0 bridgehead atoms. The summed E-state index contributed by atoms with van der Waals surface area (Å²) in [7, 11) is 0. The van der Waals surface area contributed by atoms with E-state index in [1.165, 1.54) is 0 Å². The highest BCUT2D eigenvalue weighted by molar-refractivity contribution is 6.04. The second-order valence-electron chi connectivity index (χ2n) is 5.42. The van der Waals surface area contributed by atoms with Gasteiger partial charge in [-0.3, -0.25) is 4.79 Å². The number of unbranched alkanes of at least 4 members (excludes halogenated alkanes) is 2. The monoisotopic (exact) mass is 276 g/mol. The van der Waals surface area contributed by atoms with Crippen molar-refractivity contribution in [2.24, 2.45) is 0 Å². The van der Waals surface area contributed by atoms with Crippen LogP contribution in [0.25, 0.3) is 0 Å². The summed E-state index contributed by atoms with van der Waals surface area (Å²) in [5.74, 6) is 0.921. The second-order valence-corrected chi connectivity index (χ2v) is 5.42. The first kappa shape index (κ1) is 16.7. The lowest BCUT2D eigenvalue weighted by Crippen LogP contribution is -2.36. The Morgan fingerprint density at radius 2 is 1.90 bits per heavy atom. The Balaban J connectivity index is 2.78. The van der Waals surface area contributed by atoms with Crippen molar-refractivity contribution in [1.82, 2.24) is 0 Å². The first-order valence-electron chi connectivity index (χ1n) is 7.89. The van der Waals surface area contributed by atoms with Gasteiger partial charge < -0.3 is 4.74 Å². The van der Waals surface area contributed by atoms with Crippen LogP contribution in [0.15, 0.2) is 35.6 Å². The van der Waals surface area contributed by atoms with Crippen molar-refractivity contribution >= 4 is 5.78 Å². The van der Waals surface area contributed by atoms with Gasteiger partial charge in [0.15, 0.2) is 5.60 Å². The van der Waals surface area contributed by atoms with Crippen LogP contribution in [0.2, 0.25) is 0 Å². The van der Waals surface area contributed by atoms with Crippen LogP contribution in [0.5, 0.6) is 0 Å². The van der Waals surface area contributed by atoms with Gasteiger partial charge in [0.05, 0.1) is 0 Å². The molecule has 2 nitrogen and oxygen atoms in total. The van der Waals surface area contributed by atoms with Gasteiger partial charge in [0.25, 0.3) is 0 Å². The molecule has 1 unspecified atom stereocenters. The second kappa shape index (κ2) is 8.08. The zero-order chi connectivity index (χ0) is 15.0. The van der Waals surface area contributed by atoms with Crippen LogP contribution in [0.3, 0.4) is 0 Å². The molecule has 112 valence electrons. The van der Waals surface area contributed by atoms with Gasteiger partial charge in [0, 0.05) is 5.57 Å². The number of ether oxygens (including phenoxy) is 1. The molecule has 2 heteroatoms. The fourth-order valence-corrected chi connectivity index (χ4v) is 2.54. The van der Waals surface area contributed by atoms with Crippen molar-refractivity contribution in [2.45, 2.75) is 71.8 Å². The van der Waals surface area contributed by atoms with Crippen LogP contribution in [0, 0.1) is 0 Å². The average Bonchev–Trinajstić information content (AvgIpc) is 2.70. The van der Waals surface area contributed by atoms with E-state index < -0.39 is 5.60 Å². The summed E-state index contributed by atoms with van der Waals surface area (Å²) in [4.78, 5) is 12.5. The molecular weight excluding hydrogens is 248 g/mol. The lowest BCUT2D eigenvalue weighted by atomic mass is 9.87. The Bertz CT molecular complexity index is 415.